The molecule has 1 nitrogen and oxygen atoms in total. The van der Waals surface area contributed by atoms with Crippen molar-refractivity contribution in [1.29, 1.82) is 0 Å². The van der Waals surface area contributed by atoms with E-state index in [1.807, 2.05) is 0 Å². The van der Waals surface area contributed by atoms with Crippen molar-refractivity contribution < 1.29 is 0 Å². The zero-order valence-corrected chi connectivity index (χ0v) is 25.9. The Hall–Kier alpha value is -5.66. The highest BCUT2D eigenvalue weighted by atomic mass is 15.0. The minimum Gasteiger partial charge on any atom is -0.309 e. The zero-order valence-electron chi connectivity index (χ0n) is 25.9. The maximum atomic E-state index is 2.54. The zero-order chi connectivity index (χ0) is 30.6. The van der Waals surface area contributed by atoms with Crippen LogP contribution in [0, 0.1) is 41.7 Å². The van der Waals surface area contributed by atoms with Crippen LogP contribution in [0.5, 0.6) is 0 Å². The van der Waals surface area contributed by atoms with Crippen LogP contribution in [0.3, 0.4) is 0 Å². The fourth-order valence-corrected chi connectivity index (χ4v) is 8.50. The number of fused-ring (bicyclic) bond motifs is 11. The largest absolute Gasteiger partial charge is 0.309 e. The third-order valence-corrected chi connectivity index (χ3v) is 10.6. The van der Waals surface area contributed by atoms with Crippen LogP contribution in [0.4, 0.5) is 0 Å². The standard InChI is InChI=1S/C45H31N/c1-45(2)40-21-11-9-18-34(40)35-24-23-28(27-41(35)45)46-42-22-12-10-19-36(42)39-26-25-38-33-17-6-5-15-31(33)29-13-3-4-14-30(29)32-16-7-8-20-37(32)43(38)44(39)46/h3-27H,1-2H3. The summed E-state index contributed by atoms with van der Waals surface area (Å²) in [7, 11) is 0. The van der Waals surface area contributed by atoms with Gasteiger partial charge in [0.25, 0.3) is 0 Å². The molecule has 0 unspecified atom stereocenters. The molecule has 0 amide bonds. The van der Waals surface area contributed by atoms with E-state index in [0.29, 0.717) is 0 Å². The molecule has 2 aliphatic carbocycles. The molecule has 216 valence electrons. The lowest BCUT2D eigenvalue weighted by Gasteiger charge is -2.22. The van der Waals surface area contributed by atoms with E-state index in [0.717, 1.165) is 0 Å². The molecule has 0 saturated carbocycles. The van der Waals surface area contributed by atoms with E-state index in [2.05, 4.69) is 170 Å². The number of para-hydroxylation sites is 1. The van der Waals surface area contributed by atoms with Crippen LogP contribution in [-0.2, 0) is 5.41 Å². The van der Waals surface area contributed by atoms with Gasteiger partial charge in [0.2, 0.25) is 0 Å². The first-order valence-corrected chi connectivity index (χ1v) is 16.2. The van der Waals surface area contributed by atoms with Crippen molar-refractivity contribution in [2.75, 3.05) is 0 Å². The van der Waals surface area contributed by atoms with Crippen molar-refractivity contribution in [3.05, 3.63) is 205 Å². The van der Waals surface area contributed by atoms with E-state index in [9.17, 15) is 0 Å². The molecular weight excluding hydrogens is 555 g/mol. The summed E-state index contributed by atoms with van der Waals surface area (Å²) in [6, 6.07) is 56.5. The molecular formula is C45H31N. The number of hydrogen-bond acceptors (Lipinski definition) is 0. The van der Waals surface area contributed by atoms with Crippen molar-refractivity contribution in [2.24, 2.45) is 0 Å². The van der Waals surface area contributed by atoms with Gasteiger partial charge in [0.1, 0.15) is 0 Å². The molecule has 0 fully saturated rings. The van der Waals surface area contributed by atoms with Gasteiger partial charge >= 0.3 is 0 Å². The van der Waals surface area contributed by atoms with E-state index in [4.69, 9.17) is 0 Å². The van der Waals surface area contributed by atoms with Gasteiger partial charge in [-0.2, -0.15) is 0 Å². The summed E-state index contributed by atoms with van der Waals surface area (Å²) in [5.74, 6) is 0. The average Bonchev–Trinajstić information content (AvgIpc) is 3.56. The van der Waals surface area contributed by atoms with Crippen LogP contribution >= 0.6 is 0 Å². The molecule has 10 rings (SSSR count). The highest BCUT2D eigenvalue weighted by Crippen LogP contribution is 2.49. The minimum atomic E-state index is -0.0786. The Balaban J connectivity index is 1.50. The van der Waals surface area contributed by atoms with Crippen molar-refractivity contribution in [3.8, 4) is 16.8 Å². The summed E-state index contributed by atoms with van der Waals surface area (Å²) in [6.07, 6.45) is 0. The molecule has 1 heteroatoms. The van der Waals surface area contributed by atoms with E-state index in [1.54, 1.807) is 0 Å². The maximum Gasteiger partial charge on any atom is 0.0625 e. The maximum absolute atomic E-state index is 2.54. The summed E-state index contributed by atoms with van der Waals surface area (Å²) in [5.41, 5.74) is 9.09. The molecule has 7 aromatic carbocycles. The van der Waals surface area contributed by atoms with Crippen molar-refractivity contribution >= 4 is 21.8 Å². The Kier molecular flexibility index (Phi) is 5.12. The van der Waals surface area contributed by atoms with Gasteiger partial charge in [-0.1, -0.05) is 147 Å². The van der Waals surface area contributed by atoms with Gasteiger partial charge in [-0.3, -0.25) is 0 Å². The number of nitrogens with zero attached hydrogens (tertiary/aromatic N) is 1. The average molecular weight is 586 g/mol. The molecule has 0 bridgehead atoms. The first kappa shape index (κ1) is 25.6. The number of aromatic nitrogens is 1. The molecule has 0 aliphatic heterocycles. The van der Waals surface area contributed by atoms with Crippen LogP contribution in [0.25, 0.3) is 38.6 Å². The summed E-state index contributed by atoms with van der Waals surface area (Å²) in [5, 5.41) is 12.7. The van der Waals surface area contributed by atoms with Crippen molar-refractivity contribution in [2.45, 2.75) is 19.3 Å². The van der Waals surface area contributed by atoms with Crippen LogP contribution in [0.2, 0.25) is 0 Å². The lowest BCUT2D eigenvalue weighted by Crippen LogP contribution is -2.15. The van der Waals surface area contributed by atoms with E-state index in [-0.39, 0.29) is 5.41 Å². The third-order valence-electron chi connectivity index (χ3n) is 10.6. The SMILES string of the molecule is CC1(C)c2ccccc2-c2ccc(-n3c4ccccc4c4ccc5c(c43)=c3ccccc3=c3ccccc3=c3ccccc3=5)cc21. The number of benzene rings is 7. The first-order valence-electron chi connectivity index (χ1n) is 16.2. The van der Waals surface area contributed by atoms with Crippen LogP contribution < -0.4 is 0 Å². The van der Waals surface area contributed by atoms with Gasteiger partial charge in [-0.05, 0) is 77.0 Å². The predicted octanol–water partition coefficient (Wildman–Crippen LogP) is 10.6. The van der Waals surface area contributed by atoms with Crippen molar-refractivity contribution in [1.82, 2.24) is 4.57 Å². The Morgan fingerprint density at radius 2 is 0.957 bits per heavy atom. The fourth-order valence-electron chi connectivity index (χ4n) is 8.50. The van der Waals surface area contributed by atoms with E-state index in [1.165, 1.54) is 91.5 Å². The Bertz CT molecular complexity index is 3000. The Labute approximate surface area is 266 Å². The second-order valence-corrected chi connectivity index (χ2v) is 13.3. The molecule has 0 N–H and O–H groups in total. The minimum absolute atomic E-state index is 0.0786. The molecule has 1 aromatic heterocycles. The molecule has 1 heterocycles. The van der Waals surface area contributed by atoms with Gasteiger partial charge in [0.15, 0.2) is 0 Å². The summed E-state index contributed by atoms with van der Waals surface area (Å²) in [4.78, 5) is 0. The summed E-state index contributed by atoms with van der Waals surface area (Å²) in [6.45, 7) is 4.74. The second kappa shape index (κ2) is 9.19. The second-order valence-electron chi connectivity index (χ2n) is 13.3. The lowest BCUT2D eigenvalue weighted by atomic mass is 9.82. The highest BCUT2D eigenvalue weighted by Gasteiger charge is 2.35. The van der Waals surface area contributed by atoms with Crippen LogP contribution in [0.1, 0.15) is 25.0 Å². The first-order chi connectivity index (χ1) is 22.6. The summed E-state index contributed by atoms with van der Waals surface area (Å²) < 4.78 is 2.54. The summed E-state index contributed by atoms with van der Waals surface area (Å²) >= 11 is 0. The molecule has 0 saturated heterocycles. The highest BCUT2D eigenvalue weighted by molar-refractivity contribution is 6.09. The Morgan fingerprint density at radius 1 is 0.413 bits per heavy atom. The van der Waals surface area contributed by atoms with Gasteiger partial charge in [0, 0.05) is 27.1 Å². The third kappa shape index (κ3) is 3.30. The molecule has 0 atom stereocenters. The topological polar surface area (TPSA) is 4.93 Å². The van der Waals surface area contributed by atoms with E-state index >= 15 is 0 Å². The van der Waals surface area contributed by atoms with Crippen LogP contribution in [0.15, 0.2) is 152 Å². The number of rotatable bonds is 1. The lowest BCUT2D eigenvalue weighted by molar-refractivity contribution is 0.660. The predicted molar refractivity (Wildman–Crippen MR) is 188 cm³/mol. The quantitative estimate of drug-likeness (QED) is 0.181. The molecule has 0 radical (unpaired) electrons. The molecule has 46 heavy (non-hydrogen) atoms. The van der Waals surface area contributed by atoms with Gasteiger partial charge in [-0.15, -0.1) is 0 Å². The Morgan fingerprint density at radius 3 is 1.67 bits per heavy atom. The van der Waals surface area contributed by atoms with Crippen molar-refractivity contribution in [3.63, 3.8) is 0 Å². The van der Waals surface area contributed by atoms with Gasteiger partial charge < -0.3 is 4.57 Å². The van der Waals surface area contributed by atoms with Gasteiger partial charge in [-0.25, -0.2) is 0 Å². The molecule has 8 aromatic rings. The van der Waals surface area contributed by atoms with E-state index < -0.39 is 0 Å². The molecule has 0 spiro atoms. The monoisotopic (exact) mass is 585 g/mol. The molecule has 2 aliphatic rings. The fraction of sp³-hybridized carbons (Fsp3) is 0.0667. The van der Waals surface area contributed by atoms with Gasteiger partial charge in [0.05, 0.1) is 11.0 Å². The normalized spacial score (nSPS) is 13.6. The smallest absolute Gasteiger partial charge is 0.0625 e. The number of hydrogen-bond donors (Lipinski definition) is 0. The van der Waals surface area contributed by atoms with Crippen LogP contribution in [-0.4, -0.2) is 4.57 Å².